The van der Waals surface area contributed by atoms with E-state index in [0.717, 1.165) is 19.3 Å². The molecule has 1 aromatic carbocycles. The molecule has 3 heteroatoms. The number of benzene rings is 1. The average molecular weight is 225 g/mol. The summed E-state index contributed by atoms with van der Waals surface area (Å²) in [6.45, 7) is 3.06. The van der Waals surface area contributed by atoms with E-state index in [4.69, 9.17) is 10.5 Å². The van der Waals surface area contributed by atoms with Crippen molar-refractivity contribution in [3.8, 4) is 0 Å². The quantitative estimate of drug-likeness (QED) is 0.724. The van der Waals surface area contributed by atoms with Gasteiger partial charge in [0.05, 0.1) is 6.61 Å². The SMILES string of the molecule is CCC(N)CCCOCc1ccccc1F. The van der Waals surface area contributed by atoms with E-state index in [0.29, 0.717) is 18.8 Å². The predicted molar refractivity (Wildman–Crippen MR) is 63.6 cm³/mol. The molecule has 2 N–H and O–H groups in total. The summed E-state index contributed by atoms with van der Waals surface area (Å²) < 4.78 is 18.6. The highest BCUT2D eigenvalue weighted by atomic mass is 19.1. The zero-order chi connectivity index (χ0) is 11.8. The first-order valence-corrected chi connectivity index (χ1v) is 5.80. The van der Waals surface area contributed by atoms with Crippen LogP contribution in [-0.2, 0) is 11.3 Å². The van der Waals surface area contributed by atoms with E-state index in [9.17, 15) is 4.39 Å². The average Bonchev–Trinajstić information content (AvgIpc) is 2.30. The summed E-state index contributed by atoms with van der Waals surface area (Å²) in [6.07, 6.45) is 2.89. The second-order valence-electron chi connectivity index (χ2n) is 3.95. The topological polar surface area (TPSA) is 35.2 Å². The lowest BCUT2D eigenvalue weighted by Gasteiger charge is -2.08. The number of halogens is 1. The normalized spacial score (nSPS) is 12.7. The van der Waals surface area contributed by atoms with Crippen molar-refractivity contribution < 1.29 is 9.13 Å². The fourth-order valence-corrected chi connectivity index (χ4v) is 1.45. The third-order valence-corrected chi connectivity index (χ3v) is 2.60. The molecule has 0 spiro atoms. The molecule has 0 amide bonds. The minimum absolute atomic E-state index is 0.201. The highest BCUT2D eigenvalue weighted by molar-refractivity contribution is 5.16. The third kappa shape index (κ3) is 4.73. The van der Waals surface area contributed by atoms with Gasteiger partial charge in [0, 0.05) is 18.2 Å². The van der Waals surface area contributed by atoms with Gasteiger partial charge < -0.3 is 10.5 Å². The molecule has 1 unspecified atom stereocenters. The fourth-order valence-electron chi connectivity index (χ4n) is 1.45. The summed E-state index contributed by atoms with van der Waals surface area (Å²) in [5.41, 5.74) is 6.39. The Morgan fingerprint density at radius 2 is 2.12 bits per heavy atom. The van der Waals surface area contributed by atoms with Gasteiger partial charge in [-0.25, -0.2) is 4.39 Å². The van der Waals surface area contributed by atoms with Crippen LogP contribution in [0.25, 0.3) is 0 Å². The van der Waals surface area contributed by atoms with Gasteiger partial charge in [-0.1, -0.05) is 25.1 Å². The number of ether oxygens (including phenoxy) is 1. The lowest BCUT2D eigenvalue weighted by Crippen LogP contribution is -2.18. The Kier molecular flexibility index (Phi) is 6.04. The first kappa shape index (κ1) is 13.1. The zero-order valence-electron chi connectivity index (χ0n) is 9.79. The fraction of sp³-hybridized carbons (Fsp3) is 0.538. The molecule has 0 aliphatic carbocycles. The monoisotopic (exact) mass is 225 g/mol. The number of nitrogens with two attached hydrogens (primary N) is 1. The molecule has 2 nitrogen and oxygen atoms in total. The van der Waals surface area contributed by atoms with E-state index in [2.05, 4.69) is 6.92 Å². The van der Waals surface area contributed by atoms with Gasteiger partial charge >= 0.3 is 0 Å². The molecule has 1 aromatic rings. The molecule has 0 fully saturated rings. The van der Waals surface area contributed by atoms with Crippen LogP contribution in [0.3, 0.4) is 0 Å². The highest BCUT2D eigenvalue weighted by Gasteiger charge is 2.01. The summed E-state index contributed by atoms with van der Waals surface area (Å²) in [6, 6.07) is 6.95. The van der Waals surface area contributed by atoms with Crippen molar-refractivity contribution in [2.24, 2.45) is 5.73 Å². The minimum atomic E-state index is -0.201. The molecule has 0 aliphatic rings. The molecule has 90 valence electrons. The van der Waals surface area contributed by atoms with Crippen molar-refractivity contribution >= 4 is 0 Å². The van der Waals surface area contributed by atoms with Crippen molar-refractivity contribution in [2.75, 3.05) is 6.61 Å². The summed E-state index contributed by atoms with van der Waals surface area (Å²) in [7, 11) is 0. The Morgan fingerprint density at radius 1 is 1.38 bits per heavy atom. The first-order valence-electron chi connectivity index (χ1n) is 5.80. The second-order valence-corrected chi connectivity index (χ2v) is 3.95. The maximum absolute atomic E-state index is 13.2. The van der Waals surface area contributed by atoms with Crippen molar-refractivity contribution in [1.82, 2.24) is 0 Å². The second kappa shape index (κ2) is 7.36. The van der Waals surface area contributed by atoms with Crippen LogP contribution in [0, 0.1) is 5.82 Å². The summed E-state index contributed by atoms with van der Waals surface area (Å²) in [5.74, 6) is -0.201. The molecule has 16 heavy (non-hydrogen) atoms. The molecule has 0 radical (unpaired) electrons. The molecule has 0 saturated heterocycles. The van der Waals surface area contributed by atoms with Gasteiger partial charge in [0.2, 0.25) is 0 Å². The molecular formula is C13H20FNO. The Bertz CT molecular complexity index is 304. The van der Waals surface area contributed by atoms with E-state index in [-0.39, 0.29) is 11.9 Å². The van der Waals surface area contributed by atoms with Crippen LogP contribution in [0.2, 0.25) is 0 Å². The van der Waals surface area contributed by atoms with E-state index in [1.54, 1.807) is 12.1 Å². The first-order chi connectivity index (χ1) is 7.74. The van der Waals surface area contributed by atoms with Gasteiger partial charge in [-0.05, 0) is 25.3 Å². The molecule has 0 aliphatic heterocycles. The van der Waals surface area contributed by atoms with Crippen molar-refractivity contribution in [1.29, 1.82) is 0 Å². The Balaban J connectivity index is 2.14. The van der Waals surface area contributed by atoms with Crippen molar-refractivity contribution in [3.63, 3.8) is 0 Å². The van der Waals surface area contributed by atoms with Gasteiger partial charge in [-0.2, -0.15) is 0 Å². The predicted octanol–water partition coefficient (Wildman–Crippen LogP) is 2.86. The van der Waals surface area contributed by atoms with E-state index < -0.39 is 0 Å². The number of hydrogen-bond acceptors (Lipinski definition) is 2. The van der Waals surface area contributed by atoms with Crippen molar-refractivity contribution in [2.45, 2.75) is 38.8 Å². The lowest BCUT2D eigenvalue weighted by atomic mass is 10.1. The van der Waals surface area contributed by atoms with E-state index in [1.165, 1.54) is 6.07 Å². The Labute approximate surface area is 96.6 Å². The van der Waals surface area contributed by atoms with Crippen LogP contribution in [-0.4, -0.2) is 12.6 Å². The van der Waals surface area contributed by atoms with Crippen LogP contribution < -0.4 is 5.73 Å². The molecule has 1 atom stereocenters. The Morgan fingerprint density at radius 3 is 2.81 bits per heavy atom. The molecule has 0 aromatic heterocycles. The van der Waals surface area contributed by atoms with Crippen LogP contribution in [0.15, 0.2) is 24.3 Å². The molecule has 0 heterocycles. The van der Waals surface area contributed by atoms with Gasteiger partial charge in [-0.3, -0.25) is 0 Å². The van der Waals surface area contributed by atoms with Gasteiger partial charge in [0.25, 0.3) is 0 Å². The molecule has 1 rings (SSSR count). The third-order valence-electron chi connectivity index (χ3n) is 2.60. The maximum Gasteiger partial charge on any atom is 0.128 e. The molecule has 0 bridgehead atoms. The smallest absolute Gasteiger partial charge is 0.128 e. The van der Waals surface area contributed by atoms with Crippen LogP contribution in [0.5, 0.6) is 0 Å². The van der Waals surface area contributed by atoms with Gasteiger partial charge in [-0.15, -0.1) is 0 Å². The van der Waals surface area contributed by atoms with Crippen LogP contribution in [0.4, 0.5) is 4.39 Å². The summed E-state index contributed by atoms with van der Waals surface area (Å²) in [4.78, 5) is 0. The summed E-state index contributed by atoms with van der Waals surface area (Å²) >= 11 is 0. The van der Waals surface area contributed by atoms with Crippen LogP contribution >= 0.6 is 0 Å². The minimum Gasteiger partial charge on any atom is -0.377 e. The molecular weight excluding hydrogens is 205 g/mol. The lowest BCUT2D eigenvalue weighted by molar-refractivity contribution is 0.113. The number of hydrogen-bond donors (Lipinski definition) is 1. The Hall–Kier alpha value is -0.930. The van der Waals surface area contributed by atoms with Gasteiger partial charge in [0.1, 0.15) is 5.82 Å². The largest absolute Gasteiger partial charge is 0.377 e. The standard InChI is InChI=1S/C13H20FNO/c1-2-12(15)7-5-9-16-10-11-6-3-4-8-13(11)14/h3-4,6,8,12H,2,5,7,9-10,15H2,1H3. The van der Waals surface area contributed by atoms with Crippen LogP contribution in [0.1, 0.15) is 31.7 Å². The maximum atomic E-state index is 13.2. The van der Waals surface area contributed by atoms with Crippen molar-refractivity contribution in [3.05, 3.63) is 35.6 Å². The van der Waals surface area contributed by atoms with E-state index >= 15 is 0 Å². The zero-order valence-corrected chi connectivity index (χ0v) is 9.79. The highest BCUT2D eigenvalue weighted by Crippen LogP contribution is 2.08. The summed E-state index contributed by atoms with van der Waals surface area (Å²) in [5, 5.41) is 0. The van der Waals surface area contributed by atoms with Gasteiger partial charge in [0.15, 0.2) is 0 Å². The number of rotatable bonds is 7. The molecule has 0 saturated carbocycles. The van der Waals surface area contributed by atoms with E-state index in [1.807, 2.05) is 6.07 Å².